The molecule has 0 spiro atoms. The first-order valence-electron chi connectivity index (χ1n) is 7.64. The average Bonchev–Trinajstić information content (AvgIpc) is 2.51. The van der Waals surface area contributed by atoms with Crippen molar-refractivity contribution < 1.29 is 9.59 Å². The lowest BCUT2D eigenvalue weighted by atomic mass is 10.1. The molecule has 1 rings (SSSR count). The third-order valence-electron chi connectivity index (χ3n) is 3.61. The molecule has 0 fully saturated rings. The molecular formula is C17H28ClN3O2. The molecule has 0 aliphatic heterocycles. The smallest absolute Gasteiger partial charge is 0.253 e. The van der Waals surface area contributed by atoms with E-state index in [1.54, 1.807) is 19.0 Å². The summed E-state index contributed by atoms with van der Waals surface area (Å²) in [6.07, 6.45) is 0. The van der Waals surface area contributed by atoms with Crippen LogP contribution in [0.25, 0.3) is 0 Å². The second-order valence-corrected chi connectivity index (χ2v) is 5.71. The zero-order valence-electron chi connectivity index (χ0n) is 14.6. The number of rotatable bonds is 7. The van der Waals surface area contributed by atoms with Crippen LogP contribution in [0.3, 0.4) is 0 Å². The Labute approximate surface area is 145 Å². The van der Waals surface area contributed by atoms with E-state index in [2.05, 4.69) is 5.32 Å². The molecule has 23 heavy (non-hydrogen) atoms. The minimum absolute atomic E-state index is 0. The van der Waals surface area contributed by atoms with Crippen molar-refractivity contribution in [3.63, 3.8) is 0 Å². The van der Waals surface area contributed by atoms with Crippen molar-refractivity contribution in [3.05, 3.63) is 35.4 Å². The van der Waals surface area contributed by atoms with Gasteiger partial charge < -0.3 is 15.1 Å². The summed E-state index contributed by atoms with van der Waals surface area (Å²) in [6.45, 7) is 5.82. The first-order valence-corrected chi connectivity index (χ1v) is 7.64. The lowest BCUT2D eigenvalue weighted by Crippen LogP contribution is -2.38. The predicted molar refractivity (Wildman–Crippen MR) is 95.9 cm³/mol. The molecule has 0 saturated heterocycles. The molecule has 0 aliphatic rings. The summed E-state index contributed by atoms with van der Waals surface area (Å²) in [5.74, 6) is 0.0856. The van der Waals surface area contributed by atoms with E-state index in [9.17, 15) is 9.59 Å². The maximum atomic E-state index is 12.4. The minimum Gasteiger partial charge on any atom is -0.345 e. The Morgan fingerprint density at radius 3 is 2.17 bits per heavy atom. The van der Waals surface area contributed by atoms with Gasteiger partial charge in [-0.3, -0.25) is 9.59 Å². The van der Waals surface area contributed by atoms with Crippen LogP contribution < -0.4 is 5.32 Å². The molecule has 1 aromatic carbocycles. The molecular weight excluding hydrogens is 314 g/mol. The Hall–Kier alpha value is -1.59. The monoisotopic (exact) mass is 341 g/mol. The summed E-state index contributed by atoms with van der Waals surface area (Å²) in [6, 6.07) is 7.45. The lowest BCUT2D eigenvalue weighted by molar-refractivity contribution is -0.135. The number of nitrogens with one attached hydrogen (secondary N) is 1. The van der Waals surface area contributed by atoms with Gasteiger partial charge in [0.15, 0.2) is 0 Å². The van der Waals surface area contributed by atoms with E-state index in [0.717, 1.165) is 5.56 Å². The van der Waals surface area contributed by atoms with E-state index in [1.807, 2.05) is 50.1 Å². The molecule has 0 aromatic heterocycles. The third-order valence-corrected chi connectivity index (χ3v) is 3.61. The highest BCUT2D eigenvalue weighted by atomic mass is 35.5. The van der Waals surface area contributed by atoms with Gasteiger partial charge in [0.05, 0.1) is 0 Å². The molecule has 1 N–H and O–H groups in total. The van der Waals surface area contributed by atoms with Gasteiger partial charge in [0, 0.05) is 45.2 Å². The van der Waals surface area contributed by atoms with Crippen LogP contribution in [0.5, 0.6) is 0 Å². The van der Waals surface area contributed by atoms with Crippen LogP contribution in [0, 0.1) is 5.92 Å². The number of hydrogen-bond acceptors (Lipinski definition) is 3. The van der Waals surface area contributed by atoms with Gasteiger partial charge in [0.25, 0.3) is 5.91 Å². The fourth-order valence-corrected chi connectivity index (χ4v) is 2.28. The lowest BCUT2D eigenvalue weighted by Gasteiger charge is -2.24. The Kier molecular flexibility index (Phi) is 9.53. The number of hydrogen-bond donors (Lipinski definition) is 1. The molecule has 2 amide bonds. The van der Waals surface area contributed by atoms with Crippen LogP contribution in [-0.4, -0.2) is 55.8 Å². The number of carbonyl (C=O) groups is 2. The fraction of sp³-hybridized carbons (Fsp3) is 0.529. The second-order valence-electron chi connectivity index (χ2n) is 5.71. The molecule has 0 heterocycles. The third kappa shape index (κ3) is 6.20. The van der Waals surface area contributed by atoms with Gasteiger partial charge in [-0.1, -0.05) is 19.1 Å². The normalized spacial score (nSPS) is 11.3. The van der Waals surface area contributed by atoms with E-state index >= 15 is 0 Å². The number of benzene rings is 1. The molecule has 0 aliphatic carbocycles. The fourth-order valence-electron chi connectivity index (χ4n) is 2.28. The predicted octanol–water partition coefficient (Wildman–Crippen LogP) is 2.01. The van der Waals surface area contributed by atoms with Crippen LogP contribution in [0.2, 0.25) is 0 Å². The van der Waals surface area contributed by atoms with Crippen molar-refractivity contribution in [3.8, 4) is 0 Å². The highest BCUT2D eigenvalue weighted by Crippen LogP contribution is 2.11. The first kappa shape index (κ1) is 21.4. The van der Waals surface area contributed by atoms with Crippen LogP contribution in [0.15, 0.2) is 24.3 Å². The minimum atomic E-state index is -0.0421. The molecule has 5 nitrogen and oxygen atoms in total. The van der Waals surface area contributed by atoms with Gasteiger partial charge in [0.1, 0.15) is 0 Å². The second kappa shape index (κ2) is 10.2. The summed E-state index contributed by atoms with van der Waals surface area (Å²) in [7, 11) is 5.31. The molecule has 1 atom stereocenters. The summed E-state index contributed by atoms with van der Waals surface area (Å²) in [5, 5.41) is 3.03. The van der Waals surface area contributed by atoms with Gasteiger partial charge in [0.2, 0.25) is 5.91 Å². The van der Waals surface area contributed by atoms with Crippen LogP contribution in [0.4, 0.5) is 0 Å². The van der Waals surface area contributed by atoms with Gasteiger partial charge in [-0.15, -0.1) is 12.4 Å². The van der Waals surface area contributed by atoms with Crippen LogP contribution in [0.1, 0.15) is 29.8 Å². The van der Waals surface area contributed by atoms with Crippen molar-refractivity contribution in [2.75, 3.05) is 34.2 Å². The van der Waals surface area contributed by atoms with Crippen molar-refractivity contribution in [1.29, 1.82) is 0 Å². The molecule has 1 unspecified atom stereocenters. The quantitative estimate of drug-likeness (QED) is 0.825. The van der Waals surface area contributed by atoms with E-state index < -0.39 is 0 Å². The number of halogens is 1. The molecule has 0 bridgehead atoms. The first-order chi connectivity index (χ1) is 10.4. The van der Waals surface area contributed by atoms with Gasteiger partial charge in [-0.05, 0) is 31.7 Å². The number of carbonyl (C=O) groups excluding carboxylic acids is 2. The zero-order chi connectivity index (χ0) is 16.7. The largest absolute Gasteiger partial charge is 0.345 e. The Morgan fingerprint density at radius 1 is 1.17 bits per heavy atom. The van der Waals surface area contributed by atoms with Crippen LogP contribution in [-0.2, 0) is 11.3 Å². The standard InChI is InChI=1S/C17H27N3O2.ClH/c1-6-20(16(21)13(2)11-18-3)12-14-7-9-15(10-8-14)17(22)19(4)5;/h7-10,13,18H,6,11-12H2,1-5H3;1H. The summed E-state index contributed by atoms with van der Waals surface area (Å²) >= 11 is 0. The number of amides is 2. The average molecular weight is 342 g/mol. The SMILES string of the molecule is CCN(Cc1ccc(C(=O)N(C)C)cc1)C(=O)C(C)CNC.Cl. The molecule has 6 heteroatoms. The Bertz CT molecular complexity index is 503. The van der Waals surface area contributed by atoms with Crippen molar-refractivity contribution in [2.45, 2.75) is 20.4 Å². The molecule has 130 valence electrons. The number of nitrogens with zero attached hydrogens (tertiary/aromatic N) is 2. The van der Waals surface area contributed by atoms with Crippen molar-refractivity contribution in [1.82, 2.24) is 15.1 Å². The van der Waals surface area contributed by atoms with Crippen molar-refractivity contribution in [2.24, 2.45) is 5.92 Å². The summed E-state index contributed by atoms with van der Waals surface area (Å²) in [5.41, 5.74) is 1.69. The highest BCUT2D eigenvalue weighted by Gasteiger charge is 2.19. The molecule has 1 aromatic rings. The van der Waals surface area contributed by atoms with Crippen molar-refractivity contribution >= 4 is 24.2 Å². The van der Waals surface area contributed by atoms with Gasteiger partial charge >= 0.3 is 0 Å². The van der Waals surface area contributed by atoms with Crippen LogP contribution >= 0.6 is 12.4 Å². The summed E-state index contributed by atoms with van der Waals surface area (Å²) in [4.78, 5) is 27.6. The Balaban J connectivity index is 0.00000484. The van der Waals surface area contributed by atoms with Gasteiger partial charge in [-0.2, -0.15) is 0 Å². The maximum absolute atomic E-state index is 12.4. The maximum Gasteiger partial charge on any atom is 0.253 e. The van der Waals surface area contributed by atoms with E-state index in [1.165, 1.54) is 0 Å². The van der Waals surface area contributed by atoms with E-state index in [0.29, 0.717) is 25.2 Å². The topological polar surface area (TPSA) is 52.7 Å². The molecule has 0 radical (unpaired) electrons. The summed E-state index contributed by atoms with van der Waals surface area (Å²) < 4.78 is 0. The van der Waals surface area contributed by atoms with E-state index in [4.69, 9.17) is 0 Å². The Morgan fingerprint density at radius 2 is 1.74 bits per heavy atom. The zero-order valence-corrected chi connectivity index (χ0v) is 15.4. The van der Waals surface area contributed by atoms with Gasteiger partial charge in [-0.25, -0.2) is 0 Å². The highest BCUT2D eigenvalue weighted by molar-refractivity contribution is 5.93. The molecule has 0 saturated carbocycles. The van der Waals surface area contributed by atoms with E-state index in [-0.39, 0.29) is 30.1 Å².